The molecule has 146 valence electrons. The molecule has 0 N–H and O–H groups in total. The van der Waals surface area contributed by atoms with E-state index in [2.05, 4.69) is 11.8 Å². The number of benzene rings is 1. The van der Waals surface area contributed by atoms with Crippen molar-refractivity contribution in [2.45, 2.75) is 56.3 Å². The molecule has 1 atom stereocenters. The molecular weight excluding hydrogens is 384 g/mol. The van der Waals surface area contributed by atoms with E-state index in [9.17, 15) is 8.42 Å². The van der Waals surface area contributed by atoms with Crippen molar-refractivity contribution in [3.63, 3.8) is 0 Å². The van der Waals surface area contributed by atoms with E-state index in [1.54, 1.807) is 12.1 Å². The van der Waals surface area contributed by atoms with E-state index >= 15 is 0 Å². The average molecular weight is 409 g/mol. The van der Waals surface area contributed by atoms with Crippen LogP contribution >= 0.6 is 11.6 Å². The Morgan fingerprint density at radius 2 is 1.89 bits per heavy atom. The molecular formula is C20H25ClN2O3S. The number of hydrogen-bond donors (Lipinski definition) is 0. The number of sulfonamides is 1. The minimum absolute atomic E-state index is 0.0561. The first-order valence-corrected chi connectivity index (χ1v) is 11.4. The second-order valence-electron chi connectivity index (χ2n) is 7.43. The molecule has 1 unspecified atom stereocenters. The summed E-state index contributed by atoms with van der Waals surface area (Å²) in [5.74, 6) is 0.679. The molecule has 0 bridgehead atoms. The highest BCUT2D eigenvalue weighted by Crippen LogP contribution is 2.38. The molecule has 7 heteroatoms. The fourth-order valence-electron chi connectivity index (χ4n) is 3.80. The molecule has 0 spiro atoms. The zero-order valence-electron chi connectivity index (χ0n) is 15.5. The maximum absolute atomic E-state index is 12.7. The molecule has 0 amide bonds. The third-order valence-corrected chi connectivity index (χ3v) is 7.62. The minimum atomic E-state index is -3.51. The van der Waals surface area contributed by atoms with E-state index in [0.717, 1.165) is 36.3 Å². The summed E-state index contributed by atoms with van der Waals surface area (Å²) in [7, 11) is -3.51. The maximum atomic E-state index is 12.7. The number of halogens is 1. The number of nitrogens with zero attached hydrogens (tertiary/aromatic N) is 2. The molecule has 1 aliphatic heterocycles. The van der Waals surface area contributed by atoms with E-state index in [-0.39, 0.29) is 11.1 Å². The first-order valence-electron chi connectivity index (χ1n) is 9.56. The molecule has 2 fully saturated rings. The quantitative estimate of drug-likeness (QED) is 0.679. The van der Waals surface area contributed by atoms with E-state index in [4.69, 9.17) is 16.0 Å². The molecule has 1 aromatic carbocycles. The molecule has 5 nitrogen and oxygen atoms in total. The predicted octanol–water partition coefficient (Wildman–Crippen LogP) is 4.44. The van der Waals surface area contributed by atoms with Gasteiger partial charge in [-0.3, -0.25) is 4.90 Å². The average Bonchev–Trinajstić information content (AvgIpc) is 3.13. The van der Waals surface area contributed by atoms with Crippen LogP contribution in [0.3, 0.4) is 0 Å². The van der Waals surface area contributed by atoms with Crippen LogP contribution in [-0.2, 0) is 16.6 Å². The second-order valence-corrected chi connectivity index (χ2v) is 9.71. The van der Waals surface area contributed by atoms with Gasteiger partial charge in [-0.15, -0.1) is 0 Å². The van der Waals surface area contributed by atoms with Crippen LogP contribution in [0.5, 0.6) is 0 Å². The van der Waals surface area contributed by atoms with Gasteiger partial charge in [0.2, 0.25) is 5.09 Å². The topological polar surface area (TPSA) is 53.8 Å². The fourth-order valence-corrected chi connectivity index (χ4v) is 5.54. The van der Waals surface area contributed by atoms with Crippen molar-refractivity contribution in [1.29, 1.82) is 0 Å². The Kier molecular flexibility index (Phi) is 5.34. The molecule has 1 saturated carbocycles. The standard InChI is InChI=1S/C20H25ClN2O3S/c1-15(18-6-2-3-7-19(18)21)23(16-8-9-16)14-17-10-11-20(26-17)27(24,25)22-12-4-5-13-22/h2-3,6-7,10-11,15-16H,4-5,8-9,12-14H2,1H3. The van der Waals surface area contributed by atoms with Crippen LogP contribution in [-0.4, -0.2) is 36.8 Å². The Balaban J connectivity index is 1.53. The summed E-state index contributed by atoms with van der Waals surface area (Å²) in [6.45, 7) is 3.88. The molecule has 1 saturated heterocycles. The van der Waals surface area contributed by atoms with Crippen molar-refractivity contribution in [2.75, 3.05) is 13.1 Å². The molecule has 27 heavy (non-hydrogen) atoms. The van der Waals surface area contributed by atoms with Gasteiger partial charge in [-0.2, -0.15) is 4.31 Å². The highest BCUT2D eigenvalue weighted by atomic mass is 35.5. The van der Waals surface area contributed by atoms with Crippen LogP contribution in [0.1, 0.15) is 50.0 Å². The fraction of sp³-hybridized carbons (Fsp3) is 0.500. The molecule has 4 rings (SSSR count). The highest BCUT2D eigenvalue weighted by Gasteiger charge is 2.35. The van der Waals surface area contributed by atoms with Crippen LogP contribution in [0.15, 0.2) is 45.9 Å². The molecule has 2 aliphatic rings. The zero-order valence-corrected chi connectivity index (χ0v) is 17.0. The van der Waals surface area contributed by atoms with Gasteiger partial charge in [-0.25, -0.2) is 8.42 Å². The van der Waals surface area contributed by atoms with E-state index in [1.165, 1.54) is 4.31 Å². The summed E-state index contributed by atoms with van der Waals surface area (Å²) >= 11 is 6.39. The van der Waals surface area contributed by atoms with Crippen LogP contribution in [0.4, 0.5) is 0 Å². The van der Waals surface area contributed by atoms with Gasteiger partial charge < -0.3 is 4.42 Å². The van der Waals surface area contributed by atoms with Crippen molar-refractivity contribution in [1.82, 2.24) is 9.21 Å². The Morgan fingerprint density at radius 3 is 2.56 bits per heavy atom. The first kappa shape index (κ1) is 19.0. The van der Waals surface area contributed by atoms with Crippen molar-refractivity contribution in [2.24, 2.45) is 0 Å². The number of furan rings is 1. The lowest BCUT2D eigenvalue weighted by Crippen LogP contribution is -2.29. The highest BCUT2D eigenvalue weighted by molar-refractivity contribution is 7.89. The van der Waals surface area contributed by atoms with Gasteiger partial charge in [0.05, 0.1) is 6.54 Å². The Labute approximate surface area is 166 Å². The summed E-state index contributed by atoms with van der Waals surface area (Å²) in [6, 6.07) is 11.9. The largest absolute Gasteiger partial charge is 0.447 e. The summed E-state index contributed by atoms with van der Waals surface area (Å²) in [6.07, 6.45) is 4.12. The third kappa shape index (κ3) is 3.94. The van der Waals surface area contributed by atoms with Gasteiger partial charge in [0, 0.05) is 30.2 Å². The molecule has 0 radical (unpaired) electrons. The van der Waals surface area contributed by atoms with Gasteiger partial charge in [0.1, 0.15) is 5.76 Å². The van der Waals surface area contributed by atoms with Crippen molar-refractivity contribution < 1.29 is 12.8 Å². The van der Waals surface area contributed by atoms with Gasteiger partial charge in [0.15, 0.2) is 0 Å². The van der Waals surface area contributed by atoms with E-state index in [0.29, 0.717) is 31.4 Å². The van der Waals surface area contributed by atoms with Gasteiger partial charge in [0.25, 0.3) is 10.0 Å². The van der Waals surface area contributed by atoms with Gasteiger partial charge >= 0.3 is 0 Å². The molecule has 1 aliphatic carbocycles. The van der Waals surface area contributed by atoms with Crippen molar-refractivity contribution in [3.8, 4) is 0 Å². The Bertz CT molecular complexity index is 901. The van der Waals surface area contributed by atoms with Gasteiger partial charge in [-0.05, 0) is 56.4 Å². The monoisotopic (exact) mass is 408 g/mol. The number of hydrogen-bond acceptors (Lipinski definition) is 4. The zero-order chi connectivity index (χ0) is 19.0. The SMILES string of the molecule is CC(c1ccccc1Cl)N(Cc1ccc(S(=O)(=O)N2CCCC2)o1)C1CC1. The first-order chi connectivity index (χ1) is 13.0. The van der Waals surface area contributed by atoms with Gasteiger partial charge in [-0.1, -0.05) is 29.8 Å². The lowest BCUT2D eigenvalue weighted by Gasteiger charge is -2.29. The second kappa shape index (κ2) is 7.59. The summed E-state index contributed by atoms with van der Waals surface area (Å²) in [4.78, 5) is 2.35. The Hall–Kier alpha value is -1.34. The summed E-state index contributed by atoms with van der Waals surface area (Å²) < 4.78 is 32.7. The third-order valence-electron chi connectivity index (χ3n) is 5.50. The lowest BCUT2D eigenvalue weighted by atomic mass is 10.1. The molecule has 2 heterocycles. The van der Waals surface area contributed by atoms with Crippen LogP contribution in [0, 0.1) is 0 Å². The molecule has 1 aromatic heterocycles. The van der Waals surface area contributed by atoms with Crippen molar-refractivity contribution >= 4 is 21.6 Å². The number of rotatable bonds is 7. The van der Waals surface area contributed by atoms with Crippen LogP contribution in [0.25, 0.3) is 0 Å². The van der Waals surface area contributed by atoms with Crippen LogP contribution in [0.2, 0.25) is 5.02 Å². The normalized spacial score (nSPS) is 19.7. The lowest BCUT2D eigenvalue weighted by molar-refractivity contribution is 0.171. The van der Waals surface area contributed by atoms with E-state index in [1.807, 2.05) is 24.3 Å². The minimum Gasteiger partial charge on any atom is -0.447 e. The Morgan fingerprint density at radius 1 is 1.19 bits per heavy atom. The summed E-state index contributed by atoms with van der Waals surface area (Å²) in [5.41, 5.74) is 1.09. The van der Waals surface area contributed by atoms with E-state index < -0.39 is 10.0 Å². The van der Waals surface area contributed by atoms with Crippen LogP contribution < -0.4 is 0 Å². The predicted molar refractivity (Wildman–Crippen MR) is 105 cm³/mol. The smallest absolute Gasteiger partial charge is 0.276 e. The van der Waals surface area contributed by atoms with Crippen molar-refractivity contribution in [3.05, 3.63) is 52.7 Å². The summed E-state index contributed by atoms with van der Waals surface area (Å²) in [5, 5.41) is 0.813. The molecule has 2 aromatic rings. The maximum Gasteiger partial charge on any atom is 0.276 e.